The van der Waals surface area contributed by atoms with Crippen LogP contribution >= 0.6 is 0 Å². The Labute approximate surface area is 212 Å². The molecule has 3 aliphatic carbocycles. The SMILES string of the molecule is CC[C@H]1OC(=O)[C@@H](OC)C[C@H]2C=C[C@H]3[C@H]4O[C@]2(/C(C)=C/[C@H]1C)[C@@H]3C(=O)[C@@H](C)[C@H]4OC(=O)C1=CC=CC1. The fourth-order valence-electron chi connectivity index (χ4n) is 7.00. The van der Waals surface area contributed by atoms with Gasteiger partial charge in [-0.25, -0.2) is 9.59 Å². The zero-order chi connectivity index (χ0) is 25.8. The number of hydrogen-bond donors (Lipinski definition) is 0. The van der Waals surface area contributed by atoms with E-state index in [1.54, 1.807) is 6.08 Å². The van der Waals surface area contributed by atoms with Crippen LogP contribution < -0.4 is 0 Å². The molecule has 1 saturated carbocycles. The van der Waals surface area contributed by atoms with Crippen LogP contribution in [0.3, 0.4) is 0 Å². The first-order valence-corrected chi connectivity index (χ1v) is 13.1. The van der Waals surface area contributed by atoms with Crippen molar-refractivity contribution in [3.8, 4) is 0 Å². The minimum absolute atomic E-state index is 0.0421. The van der Waals surface area contributed by atoms with E-state index >= 15 is 0 Å². The summed E-state index contributed by atoms with van der Waals surface area (Å²) in [7, 11) is 1.51. The van der Waals surface area contributed by atoms with Crippen LogP contribution in [-0.2, 0) is 33.3 Å². The Morgan fingerprint density at radius 3 is 2.67 bits per heavy atom. The first-order valence-electron chi connectivity index (χ1n) is 13.1. The van der Waals surface area contributed by atoms with Crippen molar-refractivity contribution in [1.29, 1.82) is 0 Å². The lowest BCUT2D eigenvalue weighted by atomic mass is 9.58. The molecule has 5 rings (SSSR count). The third-order valence-electron chi connectivity index (χ3n) is 8.92. The molecule has 0 aromatic carbocycles. The lowest BCUT2D eigenvalue weighted by Crippen LogP contribution is -2.55. The molecule has 0 unspecified atom stereocenters. The minimum Gasteiger partial charge on any atom is -0.460 e. The molecule has 0 amide bonds. The lowest BCUT2D eigenvalue weighted by molar-refractivity contribution is -0.168. The van der Waals surface area contributed by atoms with E-state index in [4.69, 9.17) is 18.9 Å². The Morgan fingerprint density at radius 2 is 2.00 bits per heavy atom. The van der Waals surface area contributed by atoms with Crippen molar-refractivity contribution in [1.82, 2.24) is 0 Å². The van der Waals surface area contributed by atoms with Gasteiger partial charge in [0.25, 0.3) is 0 Å². The normalized spacial score (nSPS) is 44.9. The van der Waals surface area contributed by atoms with Gasteiger partial charge < -0.3 is 18.9 Å². The molecule has 2 heterocycles. The van der Waals surface area contributed by atoms with Gasteiger partial charge in [-0.2, -0.15) is 0 Å². The third-order valence-corrected chi connectivity index (χ3v) is 8.92. The summed E-state index contributed by atoms with van der Waals surface area (Å²) in [4.78, 5) is 39.9. The maximum Gasteiger partial charge on any atom is 0.335 e. The van der Waals surface area contributed by atoms with Crippen LogP contribution in [0.4, 0.5) is 0 Å². The maximum absolute atomic E-state index is 14.0. The van der Waals surface area contributed by atoms with Crippen molar-refractivity contribution in [2.24, 2.45) is 29.6 Å². The monoisotopic (exact) mass is 496 g/mol. The molecule has 0 aromatic rings. The Kier molecular flexibility index (Phi) is 6.58. The smallest absolute Gasteiger partial charge is 0.335 e. The Balaban J connectivity index is 1.56. The van der Waals surface area contributed by atoms with Gasteiger partial charge in [0.2, 0.25) is 0 Å². The molecular formula is C29H36O7. The number of methoxy groups -OCH3 is 1. The average Bonchev–Trinajstić information content (AvgIpc) is 3.46. The third kappa shape index (κ3) is 3.74. The quantitative estimate of drug-likeness (QED) is 0.431. The molecule has 1 spiro atoms. The van der Waals surface area contributed by atoms with Gasteiger partial charge in [0.1, 0.15) is 29.7 Å². The van der Waals surface area contributed by atoms with E-state index in [9.17, 15) is 14.4 Å². The molecule has 7 heteroatoms. The van der Waals surface area contributed by atoms with Crippen LogP contribution in [0.15, 0.2) is 47.6 Å². The number of ether oxygens (including phenoxy) is 4. The highest BCUT2D eigenvalue weighted by atomic mass is 16.6. The zero-order valence-electron chi connectivity index (χ0n) is 21.6. The molecular weight excluding hydrogens is 460 g/mol. The number of carbonyl (C=O) groups excluding carboxylic acids is 3. The Morgan fingerprint density at radius 1 is 1.22 bits per heavy atom. The number of cyclic esters (lactones) is 1. The van der Waals surface area contributed by atoms with E-state index in [1.165, 1.54) is 7.11 Å². The lowest BCUT2D eigenvalue weighted by Gasteiger charge is -2.45. The average molecular weight is 497 g/mol. The van der Waals surface area contributed by atoms with Crippen molar-refractivity contribution in [2.45, 2.75) is 77.0 Å². The van der Waals surface area contributed by atoms with Gasteiger partial charge in [-0.3, -0.25) is 4.79 Å². The van der Waals surface area contributed by atoms with Crippen LogP contribution in [0.5, 0.6) is 0 Å². The number of esters is 2. The van der Waals surface area contributed by atoms with Crippen molar-refractivity contribution in [3.63, 3.8) is 0 Å². The number of carbonyl (C=O) groups is 3. The second-order valence-electron chi connectivity index (χ2n) is 10.9. The number of allylic oxidation sites excluding steroid dienone is 3. The van der Waals surface area contributed by atoms with Gasteiger partial charge >= 0.3 is 11.9 Å². The molecule has 2 aliphatic heterocycles. The predicted octanol–water partition coefficient (Wildman–Crippen LogP) is 3.88. The second-order valence-corrected chi connectivity index (χ2v) is 10.9. The van der Waals surface area contributed by atoms with Crippen molar-refractivity contribution < 1.29 is 33.3 Å². The van der Waals surface area contributed by atoms with Gasteiger partial charge in [-0.15, -0.1) is 0 Å². The Hall–Kier alpha value is -2.51. The van der Waals surface area contributed by atoms with Crippen LogP contribution in [-0.4, -0.2) is 54.8 Å². The van der Waals surface area contributed by atoms with Gasteiger partial charge in [0.15, 0.2) is 6.10 Å². The van der Waals surface area contributed by atoms with Gasteiger partial charge in [0.05, 0.1) is 11.8 Å². The summed E-state index contributed by atoms with van der Waals surface area (Å²) in [6.45, 7) is 7.87. The number of hydrogen-bond acceptors (Lipinski definition) is 7. The Bertz CT molecular complexity index is 1070. The molecule has 0 aromatic heterocycles. The minimum atomic E-state index is -0.925. The van der Waals surface area contributed by atoms with Crippen LogP contribution in [0, 0.1) is 29.6 Å². The van der Waals surface area contributed by atoms with Gasteiger partial charge in [0, 0.05) is 30.4 Å². The molecule has 0 N–H and O–H groups in total. The number of rotatable bonds is 4. The molecule has 10 atom stereocenters. The summed E-state index contributed by atoms with van der Waals surface area (Å²) in [5.74, 6) is -2.18. The van der Waals surface area contributed by atoms with Crippen molar-refractivity contribution in [2.75, 3.05) is 7.11 Å². The fraction of sp³-hybridized carbons (Fsp3) is 0.621. The summed E-state index contributed by atoms with van der Waals surface area (Å²) < 4.78 is 24.3. The molecule has 0 radical (unpaired) electrons. The number of Topliss-reactive ketones (excluding diaryl/α,β-unsaturated/α-hetero) is 1. The van der Waals surface area contributed by atoms with Crippen molar-refractivity contribution in [3.05, 3.63) is 47.6 Å². The summed E-state index contributed by atoms with van der Waals surface area (Å²) in [5, 5.41) is 0. The summed E-state index contributed by atoms with van der Waals surface area (Å²) in [5.41, 5.74) is 0.620. The zero-order valence-corrected chi connectivity index (χ0v) is 21.6. The highest BCUT2D eigenvalue weighted by Crippen LogP contribution is 2.60. The maximum atomic E-state index is 14.0. The first-order chi connectivity index (χ1) is 17.2. The van der Waals surface area contributed by atoms with Crippen LogP contribution in [0.2, 0.25) is 0 Å². The second kappa shape index (κ2) is 9.42. The highest BCUT2D eigenvalue weighted by Gasteiger charge is 2.69. The molecule has 5 aliphatic rings. The standard InChI is InChI=1S/C29H36O7/c1-6-21-15(2)13-16(3)29-19(14-22(33-5)28(32)34-21)11-12-20-23(29)24(30)17(4)25(26(20)36-29)35-27(31)18-9-7-8-10-18/h7-9,11-13,15,17,19-23,25-26H,6,10,14H2,1-5H3/b16-13+/t15-,17-,19-,20-,21-,22+,23+,25-,26-,29+/m1/s1. The summed E-state index contributed by atoms with van der Waals surface area (Å²) in [6.07, 6.45) is 11.0. The molecule has 2 fully saturated rings. The highest BCUT2D eigenvalue weighted by molar-refractivity contribution is 5.92. The molecule has 1 saturated heterocycles. The largest absolute Gasteiger partial charge is 0.460 e. The van der Waals surface area contributed by atoms with Gasteiger partial charge in [-0.05, 0) is 31.8 Å². The summed E-state index contributed by atoms with van der Waals surface area (Å²) in [6, 6.07) is 0. The predicted molar refractivity (Wildman–Crippen MR) is 132 cm³/mol. The first kappa shape index (κ1) is 25.2. The van der Waals surface area contributed by atoms with Crippen LogP contribution in [0.1, 0.15) is 47.0 Å². The fourth-order valence-corrected chi connectivity index (χ4v) is 7.00. The topological polar surface area (TPSA) is 88.1 Å². The molecule has 7 nitrogen and oxygen atoms in total. The van der Waals surface area contributed by atoms with E-state index in [-0.39, 0.29) is 35.6 Å². The van der Waals surface area contributed by atoms with Crippen molar-refractivity contribution >= 4 is 17.7 Å². The molecule has 4 bridgehead atoms. The van der Waals surface area contributed by atoms with E-state index in [0.29, 0.717) is 24.8 Å². The molecule has 194 valence electrons. The van der Waals surface area contributed by atoms with E-state index in [0.717, 1.165) is 5.57 Å². The number of ketones is 1. The molecule has 36 heavy (non-hydrogen) atoms. The van der Waals surface area contributed by atoms with E-state index < -0.39 is 41.7 Å². The summed E-state index contributed by atoms with van der Waals surface area (Å²) >= 11 is 0. The van der Waals surface area contributed by atoms with E-state index in [2.05, 4.69) is 12.2 Å². The van der Waals surface area contributed by atoms with E-state index in [1.807, 2.05) is 45.9 Å². The van der Waals surface area contributed by atoms with Gasteiger partial charge in [-0.1, -0.05) is 57.2 Å². The van der Waals surface area contributed by atoms with Crippen LogP contribution in [0.25, 0.3) is 0 Å².